The highest BCUT2D eigenvalue weighted by atomic mass is 127. The molecule has 0 saturated heterocycles. The number of aliphatic hydroxyl groups excluding tert-OH is 1. The number of benzene rings is 1. The van der Waals surface area contributed by atoms with Crippen molar-refractivity contribution in [1.29, 1.82) is 0 Å². The van der Waals surface area contributed by atoms with Crippen LogP contribution in [0.25, 0.3) is 0 Å². The number of rotatable bonds is 10. The zero-order valence-electron chi connectivity index (χ0n) is 26.5. The second kappa shape index (κ2) is 12.4. The number of carbonyl (C=O) groups excluding carboxylic acids is 2. The quantitative estimate of drug-likeness (QED) is 0.0975. The van der Waals surface area contributed by atoms with E-state index < -0.39 is 35.1 Å². The van der Waals surface area contributed by atoms with Crippen molar-refractivity contribution in [3.63, 3.8) is 0 Å². The van der Waals surface area contributed by atoms with Gasteiger partial charge in [-0.15, -0.1) is 6.58 Å². The van der Waals surface area contributed by atoms with E-state index in [1.54, 1.807) is 14.2 Å². The molecule has 2 fully saturated rings. The number of hydrogen-bond acceptors (Lipinski definition) is 6. The summed E-state index contributed by atoms with van der Waals surface area (Å²) in [5.41, 5.74) is 1.28. The van der Waals surface area contributed by atoms with Crippen LogP contribution in [0, 0.1) is 55.8 Å². The molecule has 1 N–H and O–H groups in total. The van der Waals surface area contributed by atoms with E-state index in [1.807, 2.05) is 37.3 Å². The van der Waals surface area contributed by atoms with Crippen LogP contribution < -0.4 is 0 Å². The van der Waals surface area contributed by atoms with Crippen molar-refractivity contribution in [2.75, 3.05) is 21.3 Å². The molecule has 7 heteroatoms. The first kappa shape index (κ1) is 33.3. The van der Waals surface area contributed by atoms with Crippen LogP contribution in [-0.2, 0) is 30.2 Å². The van der Waals surface area contributed by atoms with Crippen molar-refractivity contribution >= 4 is 34.3 Å². The van der Waals surface area contributed by atoms with Crippen LogP contribution in [-0.4, -0.2) is 50.1 Å². The molecule has 4 rings (SSSR count). The first-order valence-corrected chi connectivity index (χ1v) is 16.3. The molecular weight excluding hydrogens is 643 g/mol. The summed E-state index contributed by atoms with van der Waals surface area (Å²) in [6.07, 6.45) is 5.73. The van der Waals surface area contributed by atoms with E-state index in [4.69, 9.17) is 14.2 Å². The van der Waals surface area contributed by atoms with Gasteiger partial charge in [0.1, 0.15) is 5.92 Å². The molecule has 1 aromatic carbocycles. The van der Waals surface area contributed by atoms with Gasteiger partial charge in [-0.25, -0.2) is 0 Å². The highest BCUT2D eigenvalue weighted by molar-refractivity contribution is 14.1. The molecule has 42 heavy (non-hydrogen) atoms. The van der Waals surface area contributed by atoms with Crippen LogP contribution in [0.3, 0.4) is 0 Å². The first-order valence-electron chi connectivity index (χ1n) is 15.2. The average molecular weight is 693 g/mol. The summed E-state index contributed by atoms with van der Waals surface area (Å²) in [5.74, 6) is -3.26. The van der Waals surface area contributed by atoms with Crippen LogP contribution in [0.5, 0.6) is 0 Å². The first-order chi connectivity index (χ1) is 19.7. The standard InChI is InChI=1S/C35H49IO6/c1-10-33(5)17-22(4)27-26(31(38)28-21(3)15-20(2)16-34(27,28)6)29(33)30(37)25(32(39)40-7)19-35(41-8,42-9)18-23-11-13-24(36)14-12-23/h10-14,17,20-21,25-29,31,38H,1,15-16,18-19H2,2-9H3/t20-,21+,25?,26+,27-,28+,29+,31+,33-,34+/m0/s1. The molecule has 3 aliphatic rings. The van der Waals surface area contributed by atoms with E-state index in [9.17, 15) is 14.7 Å². The molecule has 0 radical (unpaired) electrons. The number of halogens is 1. The Morgan fingerprint density at radius 2 is 1.79 bits per heavy atom. The summed E-state index contributed by atoms with van der Waals surface area (Å²) in [6.45, 7) is 15.2. The van der Waals surface area contributed by atoms with E-state index in [0.717, 1.165) is 22.0 Å². The molecule has 0 heterocycles. The number of carbonyl (C=O) groups is 2. The summed E-state index contributed by atoms with van der Waals surface area (Å²) in [5, 5.41) is 12.1. The van der Waals surface area contributed by atoms with Crippen LogP contribution in [0.4, 0.5) is 0 Å². The SMILES string of the molecule is C=C[C@@]1(C)C=C(C)[C@H]2[C@@H]([C@@H](O)[C@H]3[C@H](C)C[C@H](C)C[C@@]32C)[C@@H]1C(=O)C(CC(Cc1ccc(I)cc1)(OC)OC)C(=O)OC. The van der Waals surface area contributed by atoms with Gasteiger partial charge in [0.25, 0.3) is 0 Å². The number of hydrogen-bond donors (Lipinski definition) is 1. The molecule has 0 bridgehead atoms. The molecule has 1 unspecified atom stereocenters. The maximum Gasteiger partial charge on any atom is 0.316 e. The zero-order valence-corrected chi connectivity index (χ0v) is 28.6. The Balaban J connectivity index is 1.79. The van der Waals surface area contributed by atoms with Crippen LogP contribution in [0.1, 0.15) is 59.4 Å². The normalized spacial score (nSPS) is 36.8. The van der Waals surface area contributed by atoms with E-state index in [0.29, 0.717) is 18.3 Å². The number of ether oxygens (including phenoxy) is 3. The Morgan fingerprint density at radius 3 is 2.33 bits per heavy atom. The number of Topliss-reactive ketones (excluding diaryl/α,β-unsaturated/α-hetero) is 1. The van der Waals surface area contributed by atoms with Gasteiger partial charge in [-0.05, 0) is 89.1 Å². The summed E-state index contributed by atoms with van der Waals surface area (Å²) in [4.78, 5) is 28.4. The minimum Gasteiger partial charge on any atom is -0.468 e. The largest absolute Gasteiger partial charge is 0.468 e. The van der Waals surface area contributed by atoms with Crippen molar-refractivity contribution in [3.05, 3.63) is 57.7 Å². The monoisotopic (exact) mass is 692 g/mol. The molecule has 232 valence electrons. The fourth-order valence-electron chi connectivity index (χ4n) is 9.67. The Morgan fingerprint density at radius 1 is 1.17 bits per heavy atom. The topological polar surface area (TPSA) is 82.1 Å². The third-order valence-electron chi connectivity index (χ3n) is 11.1. The maximum atomic E-state index is 14.9. The van der Waals surface area contributed by atoms with Gasteiger partial charge in [0.15, 0.2) is 11.6 Å². The van der Waals surface area contributed by atoms with Crippen LogP contribution >= 0.6 is 22.6 Å². The molecule has 10 atom stereocenters. The molecule has 1 aromatic rings. The second-order valence-corrected chi connectivity index (χ2v) is 15.1. The summed E-state index contributed by atoms with van der Waals surface area (Å²) < 4.78 is 18.2. The number of allylic oxidation sites excluding steroid dienone is 3. The highest BCUT2D eigenvalue weighted by Gasteiger charge is 2.67. The lowest BCUT2D eigenvalue weighted by atomic mass is 9.53. The molecule has 2 saturated carbocycles. The van der Waals surface area contributed by atoms with E-state index in [2.05, 4.69) is 62.9 Å². The number of aliphatic hydroxyl groups is 1. The summed E-state index contributed by atoms with van der Waals surface area (Å²) >= 11 is 2.25. The number of esters is 1. The molecule has 0 spiro atoms. The minimum atomic E-state index is -1.23. The Bertz CT molecular complexity index is 1200. The fourth-order valence-corrected chi connectivity index (χ4v) is 10.0. The molecule has 0 aromatic heterocycles. The van der Waals surface area contributed by atoms with Gasteiger partial charge in [0, 0.05) is 47.9 Å². The Labute approximate surface area is 265 Å². The van der Waals surface area contributed by atoms with E-state index >= 15 is 0 Å². The summed E-state index contributed by atoms with van der Waals surface area (Å²) in [7, 11) is 4.40. The van der Waals surface area contributed by atoms with Gasteiger partial charge in [-0.3, -0.25) is 9.59 Å². The highest BCUT2D eigenvalue weighted by Crippen LogP contribution is 2.67. The van der Waals surface area contributed by atoms with Crippen molar-refractivity contribution in [2.24, 2.45) is 52.3 Å². The average Bonchev–Trinajstić information content (AvgIpc) is 3.18. The molecule has 6 nitrogen and oxygen atoms in total. The molecule has 0 amide bonds. The minimum absolute atomic E-state index is 0.00841. The Hall–Kier alpha value is -1.55. The third kappa shape index (κ3) is 5.68. The Kier molecular flexibility index (Phi) is 9.88. The van der Waals surface area contributed by atoms with Gasteiger partial charge < -0.3 is 19.3 Å². The zero-order chi connectivity index (χ0) is 31.2. The number of fused-ring (bicyclic) bond motifs is 3. The molecule has 0 aliphatic heterocycles. The van der Waals surface area contributed by atoms with Crippen LogP contribution in [0.2, 0.25) is 0 Å². The number of ketones is 1. The van der Waals surface area contributed by atoms with Gasteiger partial charge in [-0.2, -0.15) is 0 Å². The van der Waals surface area contributed by atoms with Gasteiger partial charge in [0.05, 0.1) is 13.2 Å². The van der Waals surface area contributed by atoms with Crippen molar-refractivity contribution < 1.29 is 28.9 Å². The summed E-state index contributed by atoms with van der Waals surface area (Å²) in [6, 6.07) is 8.00. The number of methoxy groups -OCH3 is 3. The maximum absolute atomic E-state index is 14.9. The second-order valence-electron chi connectivity index (χ2n) is 13.8. The predicted octanol–water partition coefficient (Wildman–Crippen LogP) is 6.64. The van der Waals surface area contributed by atoms with E-state index in [1.165, 1.54) is 12.7 Å². The molecular formula is C35H49IO6. The van der Waals surface area contributed by atoms with Gasteiger partial charge in [-0.1, -0.05) is 57.6 Å². The van der Waals surface area contributed by atoms with Crippen molar-refractivity contribution in [2.45, 2.75) is 72.2 Å². The predicted molar refractivity (Wildman–Crippen MR) is 172 cm³/mol. The molecule has 3 aliphatic carbocycles. The smallest absolute Gasteiger partial charge is 0.316 e. The van der Waals surface area contributed by atoms with Gasteiger partial charge in [0.2, 0.25) is 0 Å². The lowest BCUT2D eigenvalue weighted by molar-refractivity contribution is -0.219. The lowest BCUT2D eigenvalue weighted by Crippen LogP contribution is -2.51. The van der Waals surface area contributed by atoms with Crippen LogP contribution in [0.15, 0.2) is 48.6 Å². The van der Waals surface area contributed by atoms with Gasteiger partial charge >= 0.3 is 5.97 Å². The van der Waals surface area contributed by atoms with Crippen molar-refractivity contribution in [1.82, 2.24) is 0 Å². The van der Waals surface area contributed by atoms with E-state index in [-0.39, 0.29) is 35.4 Å². The van der Waals surface area contributed by atoms with Crippen molar-refractivity contribution in [3.8, 4) is 0 Å². The lowest BCUT2D eigenvalue weighted by Gasteiger charge is -2.50. The third-order valence-corrected chi connectivity index (χ3v) is 11.8. The fraction of sp³-hybridized carbons (Fsp3) is 0.657.